The molecule has 0 fully saturated rings. The largest absolute Gasteiger partial charge is 0.508 e. The lowest BCUT2D eigenvalue weighted by molar-refractivity contribution is -0.144. The van der Waals surface area contributed by atoms with Crippen molar-refractivity contribution >= 4 is 12.3 Å². The Balaban J connectivity index is 2.12. The Labute approximate surface area is 131 Å². The molecule has 0 amide bonds. The second-order valence-corrected chi connectivity index (χ2v) is 5.21. The Morgan fingerprint density at radius 2 is 1.91 bits per heavy atom. The van der Waals surface area contributed by atoms with Gasteiger partial charge in [0, 0.05) is 11.1 Å². The highest BCUT2D eigenvalue weighted by Gasteiger charge is 2.43. The minimum absolute atomic E-state index is 0.0879. The van der Waals surface area contributed by atoms with E-state index >= 15 is 0 Å². The number of aldehydes is 1. The third-order valence-electron chi connectivity index (χ3n) is 3.82. The van der Waals surface area contributed by atoms with Crippen molar-refractivity contribution in [2.45, 2.75) is 12.0 Å². The van der Waals surface area contributed by atoms with Gasteiger partial charge in [-0.25, -0.2) is 0 Å². The lowest BCUT2D eigenvalue weighted by Gasteiger charge is -2.17. The minimum atomic E-state index is -0.814. The molecule has 0 unspecified atom stereocenters. The van der Waals surface area contributed by atoms with Crippen molar-refractivity contribution in [2.75, 3.05) is 7.11 Å². The Kier molecular flexibility index (Phi) is 3.65. The van der Waals surface area contributed by atoms with E-state index in [0.29, 0.717) is 17.4 Å². The number of rotatable bonds is 3. The zero-order valence-corrected chi connectivity index (χ0v) is 12.2. The van der Waals surface area contributed by atoms with Gasteiger partial charge in [0.05, 0.1) is 7.11 Å². The molecular weight excluding hydrogens is 300 g/mol. The molecule has 1 aliphatic heterocycles. The van der Waals surface area contributed by atoms with Gasteiger partial charge in [-0.15, -0.1) is 0 Å². The van der Waals surface area contributed by atoms with Crippen LogP contribution in [-0.2, 0) is 9.53 Å². The van der Waals surface area contributed by atoms with Gasteiger partial charge in [-0.05, 0) is 29.8 Å². The van der Waals surface area contributed by atoms with Crippen molar-refractivity contribution in [1.29, 1.82) is 0 Å². The number of aromatic hydroxyl groups is 2. The first-order valence-corrected chi connectivity index (χ1v) is 6.90. The Morgan fingerprint density at radius 1 is 1.22 bits per heavy atom. The number of phenols is 2. The molecule has 0 radical (unpaired) electrons. The van der Waals surface area contributed by atoms with Crippen LogP contribution in [0.15, 0.2) is 36.4 Å². The first kappa shape index (κ1) is 14.9. The molecule has 0 spiro atoms. The highest BCUT2D eigenvalue weighted by atomic mass is 16.5. The van der Waals surface area contributed by atoms with E-state index in [0.717, 1.165) is 0 Å². The van der Waals surface area contributed by atoms with Crippen molar-refractivity contribution in [2.24, 2.45) is 0 Å². The van der Waals surface area contributed by atoms with E-state index in [-0.39, 0.29) is 22.8 Å². The summed E-state index contributed by atoms with van der Waals surface area (Å²) < 4.78 is 10.6. The molecule has 0 aliphatic carbocycles. The predicted octanol–water partition coefficient (Wildman–Crippen LogP) is 2.30. The summed E-state index contributed by atoms with van der Waals surface area (Å²) in [5.41, 5.74) is 1.28. The van der Waals surface area contributed by atoms with E-state index in [2.05, 4.69) is 0 Å². The summed E-state index contributed by atoms with van der Waals surface area (Å²) in [6.07, 6.45) is -0.131. The second kappa shape index (κ2) is 5.64. The molecule has 2 aromatic carbocycles. The van der Waals surface area contributed by atoms with Gasteiger partial charge >= 0.3 is 5.97 Å². The molecule has 0 aromatic heterocycles. The number of hydrogen-bond acceptors (Lipinski definition) is 6. The van der Waals surface area contributed by atoms with Crippen LogP contribution in [0, 0.1) is 0 Å². The molecule has 2 atom stereocenters. The fourth-order valence-electron chi connectivity index (χ4n) is 2.75. The van der Waals surface area contributed by atoms with Crippen LogP contribution in [0.2, 0.25) is 0 Å². The second-order valence-electron chi connectivity index (χ2n) is 5.21. The average molecular weight is 314 g/mol. The summed E-state index contributed by atoms with van der Waals surface area (Å²) in [6, 6.07) is 8.99. The molecule has 2 aromatic rings. The average Bonchev–Trinajstić information content (AvgIpc) is 2.94. The molecule has 0 saturated heterocycles. The molecule has 0 saturated carbocycles. The number of ether oxygens (including phenoxy) is 2. The van der Waals surface area contributed by atoms with Crippen molar-refractivity contribution in [3.63, 3.8) is 0 Å². The first-order valence-electron chi connectivity index (χ1n) is 6.90. The normalized spacial score (nSPS) is 18.8. The number of methoxy groups -OCH3 is 1. The van der Waals surface area contributed by atoms with Crippen LogP contribution in [0.5, 0.6) is 17.2 Å². The molecule has 3 rings (SSSR count). The highest BCUT2D eigenvalue weighted by Crippen LogP contribution is 2.50. The van der Waals surface area contributed by atoms with Gasteiger partial charge in [0.25, 0.3) is 0 Å². The maximum atomic E-state index is 12.2. The standard InChI is InChI=1S/C17H14O6/c1-22-17(21)14-12-6-9(8-18)7-13(20)16(12)23-15(14)10-2-4-11(19)5-3-10/h2-8,14-15,19-20H,1H3/t14-,15+/m1/s1. The number of carbonyl (C=O) groups excluding carboxylic acids is 2. The number of hydrogen-bond donors (Lipinski definition) is 2. The maximum absolute atomic E-state index is 12.2. The predicted molar refractivity (Wildman–Crippen MR) is 79.7 cm³/mol. The highest BCUT2D eigenvalue weighted by molar-refractivity contribution is 5.85. The molecule has 0 bridgehead atoms. The van der Waals surface area contributed by atoms with Crippen LogP contribution >= 0.6 is 0 Å². The lowest BCUT2D eigenvalue weighted by atomic mass is 9.90. The smallest absolute Gasteiger partial charge is 0.317 e. The Morgan fingerprint density at radius 3 is 2.52 bits per heavy atom. The van der Waals surface area contributed by atoms with Crippen molar-refractivity contribution in [3.8, 4) is 17.2 Å². The summed E-state index contributed by atoms with van der Waals surface area (Å²) in [5, 5.41) is 19.4. The van der Waals surface area contributed by atoms with Gasteiger partial charge in [0.2, 0.25) is 0 Å². The van der Waals surface area contributed by atoms with Crippen LogP contribution in [-0.4, -0.2) is 29.6 Å². The third kappa shape index (κ3) is 2.48. The summed E-state index contributed by atoms with van der Waals surface area (Å²) >= 11 is 0. The van der Waals surface area contributed by atoms with E-state index in [9.17, 15) is 19.8 Å². The van der Waals surface area contributed by atoms with E-state index < -0.39 is 18.0 Å². The molecule has 2 N–H and O–H groups in total. The van der Waals surface area contributed by atoms with Crippen LogP contribution < -0.4 is 4.74 Å². The fourth-order valence-corrected chi connectivity index (χ4v) is 2.75. The number of esters is 1. The third-order valence-corrected chi connectivity index (χ3v) is 3.82. The zero-order chi connectivity index (χ0) is 16.6. The fraction of sp³-hybridized carbons (Fsp3) is 0.176. The van der Waals surface area contributed by atoms with Gasteiger partial charge in [-0.2, -0.15) is 0 Å². The number of fused-ring (bicyclic) bond motifs is 1. The summed E-state index contributed by atoms with van der Waals surface area (Å²) in [7, 11) is 1.26. The van der Waals surface area contributed by atoms with Crippen LogP contribution in [0.25, 0.3) is 0 Å². The van der Waals surface area contributed by atoms with E-state index in [1.54, 1.807) is 12.1 Å². The number of carbonyl (C=O) groups is 2. The summed E-state index contributed by atoms with van der Waals surface area (Å²) in [5.74, 6) is -1.32. The van der Waals surface area contributed by atoms with Gasteiger partial charge in [0.1, 0.15) is 24.1 Å². The number of benzene rings is 2. The first-order chi connectivity index (χ1) is 11.0. The van der Waals surface area contributed by atoms with Gasteiger partial charge < -0.3 is 19.7 Å². The maximum Gasteiger partial charge on any atom is 0.317 e. The monoisotopic (exact) mass is 314 g/mol. The van der Waals surface area contributed by atoms with Crippen molar-refractivity contribution in [1.82, 2.24) is 0 Å². The number of phenolic OH excluding ortho intramolecular Hbond substituents is 2. The van der Waals surface area contributed by atoms with E-state index in [1.807, 2.05) is 0 Å². The van der Waals surface area contributed by atoms with Crippen molar-refractivity contribution in [3.05, 3.63) is 53.1 Å². The summed E-state index contributed by atoms with van der Waals surface area (Å²) in [4.78, 5) is 23.2. The van der Waals surface area contributed by atoms with E-state index in [1.165, 1.54) is 31.4 Å². The topological polar surface area (TPSA) is 93.1 Å². The van der Waals surface area contributed by atoms with Crippen molar-refractivity contribution < 1.29 is 29.3 Å². The minimum Gasteiger partial charge on any atom is -0.508 e. The van der Waals surface area contributed by atoms with Gasteiger partial charge in [-0.3, -0.25) is 9.59 Å². The lowest BCUT2D eigenvalue weighted by Crippen LogP contribution is -2.20. The van der Waals surface area contributed by atoms with Crippen LogP contribution in [0.3, 0.4) is 0 Å². The van der Waals surface area contributed by atoms with Crippen LogP contribution in [0.1, 0.15) is 33.5 Å². The van der Waals surface area contributed by atoms with Gasteiger partial charge in [0.15, 0.2) is 11.5 Å². The summed E-state index contributed by atoms with van der Waals surface area (Å²) in [6.45, 7) is 0. The Bertz CT molecular complexity index is 765. The SMILES string of the molecule is COC(=O)[C@@H]1c2cc(C=O)cc(O)c2O[C@H]1c1ccc(O)cc1. The molecule has 1 heterocycles. The quantitative estimate of drug-likeness (QED) is 0.667. The molecule has 1 aliphatic rings. The van der Waals surface area contributed by atoms with Gasteiger partial charge in [-0.1, -0.05) is 12.1 Å². The Hall–Kier alpha value is -3.02. The molecular formula is C17H14O6. The molecule has 23 heavy (non-hydrogen) atoms. The molecule has 118 valence electrons. The molecule has 6 heteroatoms. The van der Waals surface area contributed by atoms with E-state index in [4.69, 9.17) is 9.47 Å². The van der Waals surface area contributed by atoms with Crippen LogP contribution in [0.4, 0.5) is 0 Å². The molecule has 6 nitrogen and oxygen atoms in total. The zero-order valence-electron chi connectivity index (χ0n) is 12.2.